The Morgan fingerprint density at radius 2 is 1.87 bits per heavy atom. The van der Waals surface area contributed by atoms with Crippen molar-refractivity contribution in [3.63, 3.8) is 0 Å². The van der Waals surface area contributed by atoms with E-state index in [4.69, 9.17) is 14.2 Å². The van der Waals surface area contributed by atoms with E-state index in [1.165, 1.54) is 31.5 Å². The molecule has 0 atom stereocenters. The molecule has 7 nitrogen and oxygen atoms in total. The third-order valence-corrected chi connectivity index (χ3v) is 4.72. The van der Waals surface area contributed by atoms with E-state index in [1.807, 2.05) is 6.92 Å². The van der Waals surface area contributed by atoms with Crippen LogP contribution in [0.2, 0.25) is 0 Å². The maximum Gasteiger partial charge on any atom is 0.422 e. The highest BCUT2D eigenvalue weighted by molar-refractivity contribution is 7.97. The lowest BCUT2D eigenvalue weighted by atomic mass is 10.2. The first-order valence-corrected chi connectivity index (χ1v) is 10.1. The highest BCUT2D eigenvalue weighted by atomic mass is 32.2. The molecule has 0 radical (unpaired) electrons. The normalized spacial score (nSPS) is 11.4. The number of hydrogen-bond donors (Lipinski definition) is 2. The van der Waals surface area contributed by atoms with Crippen LogP contribution in [0.4, 0.5) is 24.7 Å². The SMILES string of the molecule is CCOc1cc(OC)cc2ncnc(Nc3cc(SNC)ccc3OCC(F)(F)F)c12. The lowest BCUT2D eigenvalue weighted by Crippen LogP contribution is -2.19. The molecule has 0 unspecified atom stereocenters. The van der Waals surface area contributed by atoms with Crippen LogP contribution in [-0.4, -0.2) is 43.5 Å². The summed E-state index contributed by atoms with van der Waals surface area (Å²) in [5.74, 6) is 1.44. The van der Waals surface area contributed by atoms with Gasteiger partial charge in [-0.15, -0.1) is 0 Å². The summed E-state index contributed by atoms with van der Waals surface area (Å²) in [5, 5.41) is 3.65. The van der Waals surface area contributed by atoms with Gasteiger partial charge in [-0.2, -0.15) is 13.2 Å². The number of nitrogens with zero attached hydrogens (tertiary/aromatic N) is 2. The summed E-state index contributed by atoms with van der Waals surface area (Å²) in [4.78, 5) is 9.32. The molecule has 1 aromatic heterocycles. The van der Waals surface area contributed by atoms with Gasteiger partial charge >= 0.3 is 6.18 Å². The fraction of sp³-hybridized carbons (Fsp3) is 0.300. The number of alkyl halides is 3. The summed E-state index contributed by atoms with van der Waals surface area (Å²) in [6.07, 6.45) is -3.11. The summed E-state index contributed by atoms with van der Waals surface area (Å²) in [5.41, 5.74) is 0.876. The lowest BCUT2D eigenvalue weighted by Gasteiger charge is -2.17. The van der Waals surface area contributed by atoms with Gasteiger partial charge in [0.15, 0.2) is 6.61 Å². The highest BCUT2D eigenvalue weighted by Gasteiger charge is 2.29. The Morgan fingerprint density at radius 3 is 2.55 bits per heavy atom. The molecule has 166 valence electrons. The topological polar surface area (TPSA) is 77.5 Å². The molecule has 0 bridgehead atoms. The average Bonchev–Trinajstić information content (AvgIpc) is 2.73. The van der Waals surface area contributed by atoms with Crippen LogP contribution in [0.5, 0.6) is 17.2 Å². The Balaban J connectivity index is 2.07. The van der Waals surface area contributed by atoms with Crippen LogP contribution < -0.4 is 24.2 Å². The molecule has 11 heteroatoms. The van der Waals surface area contributed by atoms with Gasteiger partial charge in [0.2, 0.25) is 0 Å². The van der Waals surface area contributed by atoms with Crippen molar-refractivity contribution >= 4 is 34.4 Å². The van der Waals surface area contributed by atoms with Crippen molar-refractivity contribution < 1.29 is 27.4 Å². The van der Waals surface area contributed by atoms with E-state index in [0.29, 0.717) is 40.5 Å². The van der Waals surface area contributed by atoms with Crippen molar-refractivity contribution in [3.05, 3.63) is 36.7 Å². The zero-order valence-electron chi connectivity index (χ0n) is 17.0. The number of ether oxygens (including phenoxy) is 3. The number of aromatic nitrogens is 2. The van der Waals surface area contributed by atoms with Crippen molar-refractivity contribution in [2.45, 2.75) is 18.0 Å². The Morgan fingerprint density at radius 1 is 1.06 bits per heavy atom. The van der Waals surface area contributed by atoms with Gasteiger partial charge in [-0.05, 0) is 44.1 Å². The predicted molar refractivity (Wildman–Crippen MR) is 113 cm³/mol. The molecular formula is C20H21F3N4O3S. The molecule has 2 aromatic carbocycles. The van der Waals surface area contributed by atoms with E-state index < -0.39 is 12.8 Å². The zero-order valence-corrected chi connectivity index (χ0v) is 17.9. The van der Waals surface area contributed by atoms with Crippen LogP contribution in [-0.2, 0) is 0 Å². The van der Waals surface area contributed by atoms with Crippen molar-refractivity contribution in [1.82, 2.24) is 14.7 Å². The molecule has 0 saturated carbocycles. The molecular weight excluding hydrogens is 433 g/mol. The Kier molecular flexibility index (Phi) is 7.29. The Labute approximate surface area is 181 Å². The van der Waals surface area contributed by atoms with Crippen molar-refractivity contribution in [2.75, 3.05) is 32.7 Å². The largest absolute Gasteiger partial charge is 0.497 e. The van der Waals surface area contributed by atoms with Crippen LogP contribution in [0.15, 0.2) is 41.6 Å². The van der Waals surface area contributed by atoms with Gasteiger partial charge in [-0.1, -0.05) is 0 Å². The number of nitrogens with one attached hydrogen (secondary N) is 2. The maximum absolute atomic E-state index is 12.7. The first kappa shape index (κ1) is 22.8. The Bertz CT molecular complexity index is 1050. The molecule has 3 rings (SSSR count). The molecule has 0 amide bonds. The van der Waals surface area contributed by atoms with E-state index in [1.54, 1.807) is 31.3 Å². The van der Waals surface area contributed by atoms with Crippen molar-refractivity contribution in [1.29, 1.82) is 0 Å². The number of fused-ring (bicyclic) bond motifs is 1. The lowest BCUT2D eigenvalue weighted by molar-refractivity contribution is -0.153. The minimum atomic E-state index is -4.46. The second-order valence-corrected chi connectivity index (χ2v) is 7.25. The molecule has 0 saturated heterocycles. The van der Waals surface area contributed by atoms with Crippen LogP contribution >= 0.6 is 11.9 Å². The molecule has 0 fully saturated rings. The number of rotatable bonds is 9. The number of hydrogen-bond acceptors (Lipinski definition) is 8. The first-order valence-electron chi connectivity index (χ1n) is 9.24. The molecule has 2 N–H and O–H groups in total. The average molecular weight is 454 g/mol. The van der Waals surface area contributed by atoms with Gasteiger partial charge in [-0.3, -0.25) is 4.72 Å². The fourth-order valence-corrected chi connectivity index (χ4v) is 3.36. The van der Waals surface area contributed by atoms with Crippen molar-refractivity contribution in [3.8, 4) is 17.2 Å². The minimum Gasteiger partial charge on any atom is -0.497 e. The molecule has 0 aliphatic carbocycles. The smallest absolute Gasteiger partial charge is 0.422 e. The number of anilines is 2. The van der Waals surface area contributed by atoms with Crippen LogP contribution in [0.3, 0.4) is 0 Å². The van der Waals surface area contributed by atoms with E-state index in [0.717, 1.165) is 4.90 Å². The van der Waals surface area contributed by atoms with Gasteiger partial charge in [0, 0.05) is 17.0 Å². The van der Waals surface area contributed by atoms with Gasteiger partial charge in [-0.25, -0.2) is 9.97 Å². The molecule has 3 aromatic rings. The van der Waals surface area contributed by atoms with Gasteiger partial charge in [0.05, 0.1) is 30.3 Å². The summed E-state index contributed by atoms with van der Waals surface area (Å²) >= 11 is 1.31. The van der Waals surface area contributed by atoms with Gasteiger partial charge < -0.3 is 19.5 Å². The van der Waals surface area contributed by atoms with Crippen molar-refractivity contribution in [2.24, 2.45) is 0 Å². The zero-order chi connectivity index (χ0) is 22.4. The number of methoxy groups -OCH3 is 1. The highest BCUT2D eigenvalue weighted by Crippen LogP contribution is 2.38. The Hall–Kier alpha value is -2.92. The van der Waals surface area contributed by atoms with E-state index >= 15 is 0 Å². The number of benzene rings is 2. The molecule has 0 aliphatic heterocycles. The standard InChI is InChI=1S/C20H21F3N4O3S/c1-4-29-17-8-12(28-3)7-15-18(17)19(26-11-25-15)27-14-9-13(31-24-2)5-6-16(14)30-10-20(21,22)23/h5-9,11,24H,4,10H2,1-3H3,(H,25,26,27). The third kappa shape index (κ3) is 5.82. The minimum absolute atomic E-state index is 0.0380. The second kappa shape index (κ2) is 9.92. The summed E-state index contributed by atoms with van der Waals surface area (Å²) in [7, 11) is 3.28. The predicted octanol–water partition coefficient (Wildman–Crippen LogP) is 4.95. The van der Waals surface area contributed by atoms with E-state index in [9.17, 15) is 13.2 Å². The fourth-order valence-electron chi connectivity index (χ4n) is 2.81. The summed E-state index contributed by atoms with van der Waals surface area (Å²) in [6.45, 7) is 0.820. The summed E-state index contributed by atoms with van der Waals surface area (Å²) in [6, 6.07) is 8.23. The van der Waals surface area contributed by atoms with Gasteiger partial charge in [0.25, 0.3) is 0 Å². The second-order valence-electron chi connectivity index (χ2n) is 6.17. The molecule has 31 heavy (non-hydrogen) atoms. The monoisotopic (exact) mass is 454 g/mol. The van der Waals surface area contributed by atoms with Crippen LogP contribution in [0, 0.1) is 0 Å². The maximum atomic E-state index is 12.7. The summed E-state index contributed by atoms with van der Waals surface area (Å²) < 4.78 is 57.1. The third-order valence-electron chi connectivity index (χ3n) is 4.03. The van der Waals surface area contributed by atoms with Crippen LogP contribution in [0.25, 0.3) is 10.9 Å². The molecule has 0 spiro atoms. The van der Waals surface area contributed by atoms with Crippen LogP contribution in [0.1, 0.15) is 6.92 Å². The number of halogens is 3. The quantitative estimate of drug-likeness (QED) is 0.440. The molecule has 1 heterocycles. The molecule has 0 aliphatic rings. The first-order chi connectivity index (χ1) is 14.8. The van der Waals surface area contributed by atoms with E-state index in [-0.39, 0.29) is 5.75 Å². The van der Waals surface area contributed by atoms with E-state index in [2.05, 4.69) is 20.0 Å². The van der Waals surface area contributed by atoms with Gasteiger partial charge in [0.1, 0.15) is 29.4 Å².